The highest BCUT2D eigenvalue weighted by Crippen LogP contribution is 2.32. The molecule has 1 saturated carbocycles. The number of carbonyl (C=O) groups is 3. The van der Waals surface area contributed by atoms with Crippen LogP contribution in [0, 0.1) is 5.92 Å². The van der Waals surface area contributed by atoms with Crippen LogP contribution in [0.3, 0.4) is 0 Å². The van der Waals surface area contributed by atoms with E-state index in [4.69, 9.17) is 4.74 Å². The molecule has 3 fully saturated rings. The number of hydrogen-bond donors (Lipinski definition) is 3. The molecule has 0 aromatic heterocycles. The molecule has 180 valence electrons. The van der Waals surface area contributed by atoms with Gasteiger partial charge in [-0.1, -0.05) is 6.07 Å². The zero-order chi connectivity index (χ0) is 23.4. The number of rotatable bonds is 8. The lowest BCUT2D eigenvalue weighted by Crippen LogP contribution is -2.53. The number of nitrogens with one attached hydrogen (secondary N) is 3. The first-order chi connectivity index (χ1) is 15.9. The van der Waals surface area contributed by atoms with Gasteiger partial charge in [-0.05, 0) is 70.3 Å². The second-order valence-electron chi connectivity index (χ2n) is 9.85. The SMILES string of the molecule is CC(C)N(CC1CCNCC1)C1CC(Oc2cccc(C(=O)NC3CCC(=O)NC3=O)c2)C1. The summed E-state index contributed by atoms with van der Waals surface area (Å²) in [4.78, 5) is 38.5. The van der Waals surface area contributed by atoms with Gasteiger partial charge in [0.05, 0.1) is 0 Å². The fourth-order valence-corrected chi connectivity index (χ4v) is 5.02. The van der Waals surface area contributed by atoms with E-state index in [-0.39, 0.29) is 24.3 Å². The van der Waals surface area contributed by atoms with Crippen molar-refractivity contribution in [3.8, 4) is 5.75 Å². The van der Waals surface area contributed by atoms with Crippen LogP contribution in [0.4, 0.5) is 0 Å². The standard InChI is InChI=1S/C25H36N4O4/c1-16(2)29(15-17-8-10-26-11-9-17)19-13-21(14-19)33-20-5-3-4-18(12-20)24(31)27-22-6-7-23(30)28-25(22)32/h3-5,12,16-17,19,21-22,26H,6-11,13-15H2,1-2H3,(H,27,31)(H,28,30,32). The smallest absolute Gasteiger partial charge is 0.252 e. The average Bonchev–Trinajstić information content (AvgIpc) is 2.77. The second-order valence-corrected chi connectivity index (χ2v) is 9.85. The molecule has 8 heteroatoms. The highest BCUT2D eigenvalue weighted by Gasteiger charge is 2.37. The Bertz CT molecular complexity index is 862. The van der Waals surface area contributed by atoms with Crippen molar-refractivity contribution in [1.82, 2.24) is 20.9 Å². The van der Waals surface area contributed by atoms with E-state index in [0.29, 0.717) is 29.8 Å². The van der Waals surface area contributed by atoms with Gasteiger partial charge in [-0.3, -0.25) is 24.6 Å². The summed E-state index contributed by atoms with van der Waals surface area (Å²) in [7, 11) is 0. The first-order valence-corrected chi connectivity index (χ1v) is 12.3. The fraction of sp³-hybridized carbons (Fsp3) is 0.640. The summed E-state index contributed by atoms with van der Waals surface area (Å²) in [5, 5.41) is 8.43. The third-order valence-electron chi connectivity index (χ3n) is 7.07. The van der Waals surface area contributed by atoms with Gasteiger partial charge in [-0.15, -0.1) is 0 Å². The second kappa shape index (κ2) is 10.7. The van der Waals surface area contributed by atoms with E-state index in [1.807, 2.05) is 6.07 Å². The Kier molecular flexibility index (Phi) is 7.65. The van der Waals surface area contributed by atoms with E-state index >= 15 is 0 Å². The molecule has 1 aliphatic carbocycles. The minimum atomic E-state index is -0.686. The lowest BCUT2D eigenvalue weighted by atomic mass is 9.85. The number of amides is 3. The van der Waals surface area contributed by atoms with Gasteiger partial charge in [0, 0.05) is 43.5 Å². The van der Waals surface area contributed by atoms with Crippen molar-refractivity contribution < 1.29 is 19.1 Å². The number of piperidine rings is 2. The molecule has 2 aliphatic heterocycles. The molecule has 3 aliphatic rings. The molecule has 1 aromatic rings. The number of imide groups is 1. The summed E-state index contributed by atoms with van der Waals surface area (Å²) in [6.45, 7) is 7.97. The Labute approximate surface area is 195 Å². The largest absolute Gasteiger partial charge is 0.490 e. The molecule has 0 bridgehead atoms. The number of nitrogens with zero attached hydrogens (tertiary/aromatic N) is 1. The first-order valence-electron chi connectivity index (χ1n) is 12.3. The van der Waals surface area contributed by atoms with Crippen LogP contribution in [-0.2, 0) is 9.59 Å². The molecule has 1 atom stereocenters. The first kappa shape index (κ1) is 23.7. The molecule has 0 spiro atoms. The molecule has 0 radical (unpaired) electrons. The van der Waals surface area contributed by atoms with Crippen molar-refractivity contribution in [2.24, 2.45) is 5.92 Å². The van der Waals surface area contributed by atoms with Gasteiger partial charge in [-0.2, -0.15) is 0 Å². The highest BCUT2D eigenvalue weighted by atomic mass is 16.5. The normalized spacial score (nSPS) is 26.1. The summed E-state index contributed by atoms with van der Waals surface area (Å²) < 4.78 is 6.18. The summed E-state index contributed by atoms with van der Waals surface area (Å²) in [5.41, 5.74) is 0.447. The maximum absolute atomic E-state index is 12.6. The van der Waals surface area contributed by atoms with Gasteiger partial charge in [0.15, 0.2) is 0 Å². The van der Waals surface area contributed by atoms with Crippen molar-refractivity contribution in [2.45, 2.75) is 76.6 Å². The predicted octanol–water partition coefficient (Wildman–Crippen LogP) is 1.84. The Hall–Kier alpha value is -2.45. The van der Waals surface area contributed by atoms with Crippen molar-refractivity contribution in [3.63, 3.8) is 0 Å². The van der Waals surface area contributed by atoms with Crippen LogP contribution < -0.4 is 20.7 Å². The zero-order valence-corrected chi connectivity index (χ0v) is 19.6. The number of ether oxygens (including phenoxy) is 1. The van der Waals surface area contributed by atoms with Crippen LogP contribution in [0.15, 0.2) is 24.3 Å². The molecule has 3 N–H and O–H groups in total. The monoisotopic (exact) mass is 456 g/mol. The third-order valence-corrected chi connectivity index (χ3v) is 7.07. The summed E-state index contributed by atoms with van der Waals surface area (Å²) in [6, 6.07) is 7.47. The van der Waals surface area contributed by atoms with Gasteiger partial charge < -0.3 is 15.4 Å². The molecule has 8 nitrogen and oxygen atoms in total. The molecule has 4 rings (SSSR count). The van der Waals surface area contributed by atoms with E-state index in [2.05, 4.69) is 34.7 Å². The topological polar surface area (TPSA) is 99.8 Å². The van der Waals surface area contributed by atoms with Crippen LogP contribution in [0.2, 0.25) is 0 Å². The maximum Gasteiger partial charge on any atom is 0.252 e. The summed E-state index contributed by atoms with van der Waals surface area (Å²) >= 11 is 0. The Morgan fingerprint density at radius 3 is 2.64 bits per heavy atom. The van der Waals surface area contributed by atoms with Crippen LogP contribution in [-0.4, -0.2) is 66.5 Å². The van der Waals surface area contributed by atoms with Crippen LogP contribution in [0.1, 0.15) is 62.7 Å². The molecule has 1 aromatic carbocycles. The van der Waals surface area contributed by atoms with Crippen molar-refractivity contribution in [1.29, 1.82) is 0 Å². The van der Waals surface area contributed by atoms with Gasteiger partial charge in [0.1, 0.15) is 17.9 Å². The van der Waals surface area contributed by atoms with Gasteiger partial charge in [-0.25, -0.2) is 0 Å². The van der Waals surface area contributed by atoms with Crippen LogP contribution >= 0.6 is 0 Å². The van der Waals surface area contributed by atoms with Gasteiger partial charge >= 0.3 is 0 Å². The van der Waals surface area contributed by atoms with E-state index in [1.54, 1.807) is 18.2 Å². The van der Waals surface area contributed by atoms with E-state index in [1.165, 1.54) is 12.8 Å². The lowest BCUT2D eigenvalue weighted by Gasteiger charge is -2.46. The van der Waals surface area contributed by atoms with E-state index in [9.17, 15) is 14.4 Å². The molecular formula is C25H36N4O4. The number of benzene rings is 1. The average molecular weight is 457 g/mol. The molecule has 3 amide bonds. The molecule has 33 heavy (non-hydrogen) atoms. The summed E-state index contributed by atoms with van der Waals surface area (Å²) in [6.07, 6.45) is 5.20. The van der Waals surface area contributed by atoms with Crippen LogP contribution in [0.5, 0.6) is 5.75 Å². The molecule has 2 heterocycles. The highest BCUT2D eigenvalue weighted by molar-refractivity contribution is 6.03. The Balaban J connectivity index is 1.28. The third kappa shape index (κ3) is 6.12. The Morgan fingerprint density at radius 1 is 1.18 bits per heavy atom. The van der Waals surface area contributed by atoms with E-state index in [0.717, 1.165) is 38.4 Å². The summed E-state index contributed by atoms with van der Waals surface area (Å²) in [5.74, 6) is 0.351. The minimum absolute atomic E-state index is 0.151. The Morgan fingerprint density at radius 2 is 1.94 bits per heavy atom. The maximum atomic E-state index is 12.6. The van der Waals surface area contributed by atoms with E-state index < -0.39 is 11.9 Å². The molecule has 2 saturated heterocycles. The quantitative estimate of drug-likeness (QED) is 0.516. The van der Waals surface area contributed by atoms with Crippen molar-refractivity contribution in [2.75, 3.05) is 19.6 Å². The van der Waals surface area contributed by atoms with Crippen molar-refractivity contribution in [3.05, 3.63) is 29.8 Å². The lowest BCUT2D eigenvalue weighted by molar-refractivity contribution is -0.134. The number of carbonyl (C=O) groups excluding carboxylic acids is 3. The van der Waals surface area contributed by atoms with Crippen LogP contribution in [0.25, 0.3) is 0 Å². The molecular weight excluding hydrogens is 420 g/mol. The predicted molar refractivity (Wildman–Crippen MR) is 125 cm³/mol. The fourth-order valence-electron chi connectivity index (χ4n) is 5.02. The van der Waals surface area contributed by atoms with Gasteiger partial charge in [0.2, 0.25) is 11.8 Å². The zero-order valence-electron chi connectivity index (χ0n) is 19.6. The number of hydrogen-bond acceptors (Lipinski definition) is 6. The minimum Gasteiger partial charge on any atom is -0.490 e. The van der Waals surface area contributed by atoms with Gasteiger partial charge in [0.25, 0.3) is 5.91 Å². The molecule has 1 unspecified atom stereocenters. The van der Waals surface area contributed by atoms with Crippen molar-refractivity contribution >= 4 is 17.7 Å².